The Balaban J connectivity index is 1.46. The molecule has 0 radical (unpaired) electrons. The quantitative estimate of drug-likeness (QED) is 0.168. The van der Waals surface area contributed by atoms with Gasteiger partial charge in [-0.25, -0.2) is 14.6 Å². The number of carbonyl (C=O) groups is 4. The van der Waals surface area contributed by atoms with Gasteiger partial charge in [0.1, 0.15) is 5.57 Å². The molecule has 0 aliphatic carbocycles. The number of para-hydroxylation sites is 2. The molecule has 0 spiro atoms. The second-order valence-electron chi connectivity index (χ2n) is 9.91. The van der Waals surface area contributed by atoms with E-state index < -0.39 is 17.8 Å². The molecule has 5 rings (SSSR count). The standard InChI is InChI=1S/C34H28BrN3O6/c1-21-11-10-16-28(22(21)2)36-30(39)20-44-31-27(35)18-23(19-29(31)43-3)17-26-32(40)37(24-12-6-4-7-13-24)34(42)38(33(26)41)25-14-8-5-9-15-25/h4-19H,20H2,1-3H3,(H,36,39). The van der Waals surface area contributed by atoms with E-state index in [0.717, 1.165) is 20.9 Å². The number of methoxy groups -OCH3 is 1. The Morgan fingerprint density at radius 1 is 0.841 bits per heavy atom. The minimum absolute atomic E-state index is 0.229. The molecule has 0 atom stereocenters. The highest BCUT2D eigenvalue weighted by Gasteiger charge is 2.43. The van der Waals surface area contributed by atoms with Crippen molar-refractivity contribution in [3.8, 4) is 11.5 Å². The van der Waals surface area contributed by atoms with Gasteiger partial charge in [0.15, 0.2) is 18.1 Å². The van der Waals surface area contributed by atoms with Crippen molar-refractivity contribution in [1.29, 1.82) is 0 Å². The number of aryl methyl sites for hydroxylation is 1. The number of hydrogen-bond acceptors (Lipinski definition) is 6. The highest BCUT2D eigenvalue weighted by Crippen LogP contribution is 2.38. The molecule has 222 valence electrons. The van der Waals surface area contributed by atoms with Crippen LogP contribution in [0.3, 0.4) is 0 Å². The average molecular weight is 655 g/mol. The summed E-state index contributed by atoms with van der Waals surface area (Å²) in [6, 6.07) is 24.9. The summed E-state index contributed by atoms with van der Waals surface area (Å²) in [7, 11) is 1.44. The number of hydrogen-bond donors (Lipinski definition) is 1. The van der Waals surface area contributed by atoms with Crippen LogP contribution in [0.1, 0.15) is 16.7 Å². The molecule has 0 bridgehead atoms. The van der Waals surface area contributed by atoms with Crippen molar-refractivity contribution in [2.24, 2.45) is 0 Å². The largest absolute Gasteiger partial charge is 0.493 e. The van der Waals surface area contributed by atoms with Gasteiger partial charge in [0.2, 0.25) is 0 Å². The van der Waals surface area contributed by atoms with Crippen LogP contribution in [0.15, 0.2) is 101 Å². The maximum Gasteiger partial charge on any atom is 0.343 e. The number of amides is 5. The van der Waals surface area contributed by atoms with Crippen LogP contribution in [0.25, 0.3) is 6.08 Å². The van der Waals surface area contributed by atoms with Crippen molar-refractivity contribution in [3.05, 3.63) is 118 Å². The third-order valence-corrected chi connectivity index (χ3v) is 7.66. The van der Waals surface area contributed by atoms with Crippen LogP contribution in [-0.4, -0.2) is 37.5 Å². The van der Waals surface area contributed by atoms with E-state index in [2.05, 4.69) is 21.2 Å². The van der Waals surface area contributed by atoms with Crippen LogP contribution >= 0.6 is 15.9 Å². The summed E-state index contributed by atoms with van der Waals surface area (Å²) in [5.41, 5.74) is 3.55. The molecule has 5 amide bonds. The number of anilines is 3. The van der Waals surface area contributed by atoms with E-state index in [1.54, 1.807) is 72.8 Å². The smallest absolute Gasteiger partial charge is 0.343 e. The second kappa shape index (κ2) is 13.0. The van der Waals surface area contributed by atoms with E-state index in [0.29, 0.717) is 27.1 Å². The highest BCUT2D eigenvalue weighted by molar-refractivity contribution is 9.10. The van der Waals surface area contributed by atoms with E-state index in [-0.39, 0.29) is 29.6 Å². The molecule has 9 nitrogen and oxygen atoms in total. The van der Waals surface area contributed by atoms with Crippen LogP contribution in [-0.2, 0) is 14.4 Å². The lowest BCUT2D eigenvalue weighted by Crippen LogP contribution is -2.57. The van der Waals surface area contributed by atoms with Gasteiger partial charge in [0.05, 0.1) is 23.0 Å². The van der Waals surface area contributed by atoms with Crippen LogP contribution in [0.5, 0.6) is 11.5 Å². The van der Waals surface area contributed by atoms with Gasteiger partial charge in [-0.2, -0.15) is 0 Å². The predicted octanol–water partition coefficient (Wildman–Crippen LogP) is 6.68. The Kier molecular flexibility index (Phi) is 8.91. The van der Waals surface area contributed by atoms with Gasteiger partial charge in [0, 0.05) is 5.69 Å². The molecule has 1 N–H and O–H groups in total. The zero-order valence-corrected chi connectivity index (χ0v) is 25.8. The minimum atomic E-state index is -0.781. The number of ether oxygens (including phenoxy) is 2. The second-order valence-corrected chi connectivity index (χ2v) is 10.8. The molecule has 1 aliphatic rings. The fourth-order valence-corrected chi connectivity index (χ4v) is 5.25. The van der Waals surface area contributed by atoms with Crippen molar-refractivity contribution in [3.63, 3.8) is 0 Å². The number of carbonyl (C=O) groups excluding carboxylic acids is 4. The van der Waals surface area contributed by atoms with Crippen molar-refractivity contribution < 1.29 is 28.7 Å². The maximum atomic E-state index is 13.7. The van der Waals surface area contributed by atoms with Crippen LogP contribution in [0.2, 0.25) is 0 Å². The van der Waals surface area contributed by atoms with Gasteiger partial charge in [-0.05, 0) is 95.0 Å². The Bertz CT molecular complexity index is 1730. The predicted molar refractivity (Wildman–Crippen MR) is 172 cm³/mol. The first kappa shape index (κ1) is 30.2. The highest BCUT2D eigenvalue weighted by atomic mass is 79.9. The summed E-state index contributed by atoms with van der Waals surface area (Å²) < 4.78 is 11.8. The normalized spacial score (nSPS) is 13.2. The molecule has 44 heavy (non-hydrogen) atoms. The zero-order valence-electron chi connectivity index (χ0n) is 24.2. The first-order valence-corrected chi connectivity index (χ1v) is 14.4. The van der Waals surface area contributed by atoms with Gasteiger partial charge in [-0.1, -0.05) is 48.5 Å². The number of barbiturate groups is 1. The third-order valence-electron chi connectivity index (χ3n) is 7.07. The van der Waals surface area contributed by atoms with E-state index >= 15 is 0 Å². The lowest BCUT2D eigenvalue weighted by atomic mass is 10.0. The molecule has 1 fully saturated rings. The molecule has 4 aromatic carbocycles. The number of benzene rings is 4. The Hall–Kier alpha value is -5.22. The molecule has 4 aromatic rings. The van der Waals surface area contributed by atoms with Crippen LogP contribution in [0.4, 0.5) is 21.9 Å². The van der Waals surface area contributed by atoms with Gasteiger partial charge in [-0.3, -0.25) is 14.4 Å². The lowest BCUT2D eigenvalue weighted by Gasteiger charge is -2.34. The SMILES string of the molecule is COc1cc(C=C2C(=O)N(c3ccccc3)C(=O)N(c3ccccc3)C2=O)cc(Br)c1OCC(=O)Nc1cccc(C)c1C. The van der Waals surface area contributed by atoms with Crippen molar-refractivity contribution in [2.45, 2.75) is 13.8 Å². The Labute approximate surface area is 262 Å². The van der Waals surface area contributed by atoms with Gasteiger partial charge in [0.25, 0.3) is 17.7 Å². The number of urea groups is 1. The number of nitrogens with zero attached hydrogens (tertiary/aromatic N) is 2. The topological polar surface area (TPSA) is 105 Å². The van der Waals surface area contributed by atoms with Gasteiger partial charge >= 0.3 is 6.03 Å². The number of rotatable bonds is 8. The summed E-state index contributed by atoms with van der Waals surface area (Å²) in [4.78, 5) is 55.5. The third kappa shape index (κ3) is 6.11. The molecule has 1 aliphatic heterocycles. The molecule has 0 unspecified atom stereocenters. The molecule has 0 aromatic heterocycles. The summed E-state index contributed by atoms with van der Waals surface area (Å²) in [6.07, 6.45) is 1.40. The zero-order chi connectivity index (χ0) is 31.4. The van der Waals surface area contributed by atoms with Crippen molar-refractivity contribution in [2.75, 3.05) is 28.8 Å². The van der Waals surface area contributed by atoms with E-state index in [1.807, 2.05) is 32.0 Å². The fraction of sp³-hybridized carbons (Fsp3) is 0.118. The number of halogens is 1. The van der Waals surface area contributed by atoms with Crippen LogP contribution in [0, 0.1) is 13.8 Å². The van der Waals surface area contributed by atoms with Crippen molar-refractivity contribution >= 4 is 62.8 Å². The van der Waals surface area contributed by atoms with E-state index in [4.69, 9.17) is 9.47 Å². The average Bonchev–Trinajstić information content (AvgIpc) is 3.02. The fourth-order valence-electron chi connectivity index (χ4n) is 4.68. The summed E-state index contributed by atoms with van der Waals surface area (Å²) in [5.74, 6) is -1.37. The lowest BCUT2D eigenvalue weighted by molar-refractivity contribution is -0.121. The Morgan fingerprint density at radius 3 is 2.00 bits per heavy atom. The number of nitrogens with one attached hydrogen (secondary N) is 1. The minimum Gasteiger partial charge on any atom is -0.493 e. The molecular formula is C34H28BrN3O6. The first-order chi connectivity index (χ1) is 21.2. The monoisotopic (exact) mass is 653 g/mol. The molecular weight excluding hydrogens is 626 g/mol. The Morgan fingerprint density at radius 2 is 1.43 bits per heavy atom. The molecule has 10 heteroatoms. The molecule has 1 heterocycles. The van der Waals surface area contributed by atoms with Crippen molar-refractivity contribution in [1.82, 2.24) is 0 Å². The van der Waals surface area contributed by atoms with Crippen LogP contribution < -0.4 is 24.6 Å². The summed E-state index contributed by atoms with van der Waals surface area (Å²) in [5, 5.41) is 2.85. The summed E-state index contributed by atoms with van der Waals surface area (Å²) >= 11 is 3.47. The molecule has 0 saturated carbocycles. The molecule has 1 saturated heterocycles. The van der Waals surface area contributed by atoms with Gasteiger partial charge in [-0.15, -0.1) is 0 Å². The summed E-state index contributed by atoms with van der Waals surface area (Å²) in [6.45, 7) is 3.60. The van der Waals surface area contributed by atoms with Gasteiger partial charge < -0.3 is 14.8 Å². The number of imide groups is 2. The first-order valence-electron chi connectivity index (χ1n) is 13.6. The van der Waals surface area contributed by atoms with E-state index in [9.17, 15) is 19.2 Å². The maximum absolute atomic E-state index is 13.7. The van der Waals surface area contributed by atoms with E-state index in [1.165, 1.54) is 13.2 Å².